The van der Waals surface area contributed by atoms with E-state index < -0.39 is 10.0 Å². The molecule has 1 aromatic carbocycles. The first-order chi connectivity index (χ1) is 14.4. The van der Waals surface area contributed by atoms with Gasteiger partial charge in [0.2, 0.25) is 10.0 Å². The molecule has 3 rings (SSSR count). The summed E-state index contributed by atoms with van der Waals surface area (Å²) in [5.74, 6) is 0.667. The van der Waals surface area contributed by atoms with Crippen molar-refractivity contribution in [2.24, 2.45) is 0 Å². The minimum atomic E-state index is -3.62. The summed E-state index contributed by atoms with van der Waals surface area (Å²) in [6.07, 6.45) is 4.17. The van der Waals surface area contributed by atoms with Gasteiger partial charge in [-0.25, -0.2) is 13.4 Å². The number of aromatic nitrogens is 1. The van der Waals surface area contributed by atoms with E-state index in [2.05, 4.69) is 15.2 Å². The second-order valence-corrected chi connectivity index (χ2v) is 9.41. The Morgan fingerprint density at radius 3 is 2.43 bits per heavy atom. The fourth-order valence-corrected chi connectivity index (χ4v) is 5.14. The highest BCUT2D eigenvalue weighted by atomic mass is 32.2. The highest BCUT2D eigenvalue weighted by molar-refractivity contribution is 7.89. The summed E-state index contributed by atoms with van der Waals surface area (Å²) in [7, 11) is -3.62. The average Bonchev–Trinajstić information content (AvgIpc) is 3.28. The summed E-state index contributed by atoms with van der Waals surface area (Å²) in [6, 6.07) is 8.65. The quantitative estimate of drug-likeness (QED) is 0.696. The van der Waals surface area contributed by atoms with Crippen LogP contribution in [0.2, 0.25) is 0 Å². The van der Waals surface area contributed by atoms with Crippen molar-refractivity contribution in [3.63, 3.8) is 0 Å². The lowest BCUT2D eigenvalue weighted by atomic mass is 10.1. The molecule has 0 atom stereocenters. The minimum absolute atomic E-state index is 0.138. The van der Waals surface area contributed by atoms with E-state index in [-0.39, 0.29) is 10.8 Å². The smallest absolute Gasteiger partial charge is 0.251 e. The number of hydrogen-bond acceptors (Lipinski definition) is 5. The number of anilines is 1. The third-order valence-corrected chi connectivity index (χ3v) is 7.53. The van der Waals surface area contributed by atoms with Gasteiger partial charge in [0.1, 0.15) is 5.82 Å². The van der Waals surface area contributed by atoms with Crippen molar-refractivity contribution in [2.45, 2.75) is 45.1 Å². The van der Waals surface area contributed by atoms with Gasteiger partial charge in [0.15, 0.2) is 0 Å². The molecule has 162 valence electrons. The molecule has 0 aliphatic carbocycles. The topological polar surface area (TPSA) is 82.6 Å². The van der Waals surface area contributed by atoms with E-state index in [4.69, 9.17) is 0 Å². The number of rotatable bonds is 8. The summed E-state index contributed by atoms with van der Waals surface area (Å²) in [5.41, 5.74) is 1.99. The SMILES string of the molecule is CCN(CC)S(=O)(=O)c1ccc(C)c(C(=O)NCc2ccc(N3CCCC3)nc2)c1. The van der Waals surface area contributed by atoms with Gasteiger partial charge in [-0.3, -0.25) is 4.79 Å². The number of carbonyl (C=O) groups is 1. The number of carbonyl (C=O) groups excluding carboxylic acids is 1. The molecular formula is C22H30N4O3S. The molecule has 0 spiro atoms. The Bertz CT molecular complexity index is 980. The van der Waals surface area contributed by atoms with Crippen LogP contribution in [0.25, 0.3) is 0 Å². The second kappa shape index (κ2) is 9.57. The van der Waals surface area contributed by atoms with Crippen LogP contribution in [-0.2, 0) is 16.6 Å². The lowest BCUT2D eigenvalue weighted by Crippen LogP contribution is -2.31. The van der Waals surface area contributed by atoms with Crippen molar-refractivity contribution in [1.29, 1.82) is 0 Å². The molecule has 0 unspecified atom stereocenters. The molecular weight excluding hydrogens is 400 g/mol. The monoisotopic (exact) mass is 430 g/mol. The van der Waals surface area contributed by atoms with Crippen LogP contribution >= 0.6 is 0 Å². The van der Waals surface area contributed by atoms with E-state index >= 15 is 0 Å². The number of nitrogens with zero attached hydrogens (tertiary/aromatic N) is 3. The van der Waals surface area contributed by atoms with Crippen LogP contribution in [-0.4, -0.2) is 49.8 Å². The van der Waals surface area contributed by atoms with Crippen molar-refractivity contribution >= 4 is 21.7 Å². The van der Waals surface area contributed by atoms with Crippen molar-refractivity contribution < 1.29 is 13.2 Å². The lowest BCUT2D eigenvalue weighted by molar-refractivity contribution is 0.0950. The van der Waals surface area contributed by atoms with Crippen molar-refractivity contribution in [1.82, 2.24) is 14.6 Å². The number of sulfonamides is 1. The van der Waals surface area contributed by atoms with Gasteiger partial charge in [0.25, 0.3) is 5.91 Å². The van der Waals surface area contributed by atoms with Crippen LogP contribution < -0.4 is 10.2 Å². The Morgan fingerprint density at radius 1 is 1.13 bits per heavy atom. The van der Waals surface area contributed by atoms with Gasteiger partial charge in [0, 0.05) is 44.5 Å². The van der Waals surface area contributed by atoms with Crippen molar-refractivity contribution in [2.75, 3.05) is 31.1 Å². The summed E-state index contributed by atoms with van der Waals surface area (Å²) in [5, 5.41) is 2.88. The van der Waals surface area contributed by atoms with Gasteiger partial charge < -0.3 is 10.2 Å². The summed E-state index contributed by atoms with van der Waals surface area (Å²) < 4.78 is 26.9. The van der Waals surface area contributed by atoms with E-state index in [1.165, 1.54) is 23.2 Å². The third-order valence-electron chi connectivity index (χ3n) is 5.49. The Morgan fingerprint density at radius 2 is 1.83 bits per heavy atom. The first-order valence-corrected chi connectivity index (χ1v) is 11.9. The molecule has 30 heavy (non-hydrogen) atoms. The Labute approximate surface area is 179 Å². The molecule has 1 fully saturated rings. The van der Waals surface area contributed by atoms with Crippen LogP contribution in [0, 0.1) is 6.92 Å². The molecule has 7 nitrogen and oxygen atoms in total. The number of nitrogens with one attached hydrogen (secondary N) is 1. The maximum Gasteiger partial charge on any atom is 0.251 e. The lowest BCUT2D eigenvalue weighted by Gasteiger charge is -2.19. The number of aryl methyl sites for hydroxylation is 1. The third kappa shape index (κ3) is 4.82. The van der Waals surface area contributed by atoms with Gasteiger partial charge in [0.05, 0.1) is 4.90 Å². The fourth-order valence-electron chi connectivity index (χ4n) is 3.65. The molecule has 2 aromatic rings. The molecule has 1 saturated heterocycles. The van der Waals surface area contributed by atoms with Gasteiger partial charge in [-0.05, 0) is 49.1 Å². The zero-order valence-corrected chi connectivity index (χ0v) is 18.7. The minimum Gasteiger partial charge on any atom is -0.357 e. The zero-order chi connectivity index (χ0) is 21.7. The summed E-state index contributed by atoms with van der Waals surface area (Å²) in [4.78, 5) is 19.7. The molecule has 1 N–H and O–H groups in total. The molecule has 1 aromatic heterocycles. The molecule has 0 bridgehead atoms. The maximum absolute atomic E-state index is 12.8. The Kier molecular flexibility index (Phi) is 7.10. The van der Waals surface area contributed by atoms with Crippen LogP contribution in [0.4, 0.5) is 5.82 Å². The van der Waals surface area contributed by atoms with Crippen LogP contribution in [0.1, 0.15) is 48.2 Å². The Hall–Kier alpha value is -2.45. The second-order valence-electron chi connectivity index (χ2n) is 7.47. The number of hydrogen-bond donors (Lipinski definition) is 1. The average molecular weight is 431 g/mol. The van der Waals surface area contributed by atoms with Crippen molar-refractivity contribution in [3.8, 4) is 0 Å². The van der Waals surface area contributed by atoms with Crippen LogP contribution in [0.5, 0.6) is 0 Å². The van der Waals surface area contributed by atoms with Gasteiger partial charge in [-0.15, -0.1) is 0 Å². The normalized spacial score (nSPS) is 14.3. The molecule has 1 aliphatic rings. The largest absolute Gasteiger partial charge is 0.357 e. The summed E-state index contributed by atoms with van der Waals surface area (Å²) in [6.45, 7) is 8.57. The highest BCUT2D eigenvalue weighted by Crippen LogP contribution is 2.20. The van der Waals surface area contributed by atoms with Gasteiger partial charge >= 0.3 is 0 Å². The van der Waals surface area contributed by atoms with Gasteiger partial charge in [-0.1, -0.05) is 26.0 Å². The van der Waals surface area contributed by atoms with Crippen LogP contribution in [0.15, 0.2) is 41.4 Å². The number of pyridine rings is 1. The first-order valence-electron chi connectivity index (χ1n) is 10.5. The maximum atomic E-state index is 12.8. The van der Waals surface area contributed by atoms with E-state index in [0.29, 0.717) is 25.2 Å². The highest BCUT2D eigenvalue weighted by Gasteiger charge is 2.23. The standard InChI is InChI=1S/C22H30N4O3S/c1-4-26(5-2)30(28,29)19-10-8-17(3)20(14-19)22(27)24-16-18-9-11-21(23-15-18)25-12-6-7-13-25/h8-11,14-15H,4-7,12-13,16H2,1-3H3,(H,24,27). The molecule has 2 heterocycles. The first kappa shape index (κ1) is 22.2. The van der Waals surface area contributed by atoms with E-state index in [1.807, 2.05) is 12.1 Å². The van der Waals surface area contributed by atoms with Crippen LogP contribution in [0.3, 0.4) is 0 Å². The number of benzene rings is 1. The predicted octanol–water partition coefficient (Wildman–Crippen LogP) is 2.95. The molecule has 1 amide bonds. The van der Waals surface area contributed by atoms with Crippen molar-refractivity contribution in [3.05, 3.63) is 53.2 Å². The molecule has 0 radical (unpaired) electrons. The molecule has 0 saturated carbocycles. The molecule has 8 heteroatoms. The predicted molar refractivity (Wildman–Crippen MR) is 118 cm³/mol. The fraction of sp³-hybridized carbons (Fsp3) is 0.455. The van der Waals surface area contributed by atoms with E-state index in [0.717, 1.165) is 30.0 Å². The number of amides is 1. The van der Waals surface area contributed by atoms with Gasteiger partial charge in [-0.2, -0.15) is 4.31 Å². The summed E-state index contributed by atoms with van der Waals surface area (Å²) >= 11 is 0. The zero-order valence-electron chi connectivity index (χ0n) is 17.9. The van der Waals surface area contributed by atoms with E-state index in [9.17, 15) is 13.2 Å². The molecule has 1 aliphatic heterocycles. The van der Waals surface area contributed by atoms with E-state index in [1.54, 1.807) is 39.1 Å². The Balaban J connectivity index is 1.70.